The van der Waals surface area contributed by atoms with Crippen LogP contribution >= 0.6 is 11.3 Å². The minimum absolute atomic E-state index is 0.576. The Kier molecular flexibility index (Phi) is 6.05. The van der Waals surface area contributed by atoms with Gasteiger partial charge in [-0.05, 0) is 54.1 Å². The number of rotatable bonds is 4. The Bertz CT molecular complexity index is 3100. The van der Waals surface area contributed by atoms with Gasteiger partial charge in [0.05, 0.1) is 11.0 Å². The van der Waals surface area contributed by atoms with Crippen LogP contribution in [0.3, 0.4) is 0 Å². The number of para-hydroxylation sites is 3. The summed E-state index contributed by atoms with van der Waals surface area (Å²) in [6, 6.07) is 54.9. The molecule has 0 aliphatic rings. The number of furan rings is 1. The molecule has 0 N–H and O–H groups in total. The smallest absolute Gasteiger partial charge is 0.238 e. The zero-order valence-electron chi connectivity index (χ0n) is 27.1. The van der Waals surface area contributed by atoms with E-state index in [1.165, 1.54) is 20.2 Å². The number of aromatic nitrogens is 4. The third-order valence-electron chi connectivity index (χ3n) is 9.88. The summed E-state index contributed by atoms with van der Waals surface area (Å²) in [5.74, 6) is 1.79. The molecule has 11 rings (SSSR count). The first kappa shape index (κ1) is 28.2. The molecular weight excluding hydrogens is 645 g/mol. The Balaban J connectivity index is 1.11. The predicted octanol–water partition coefficient (Wildman–Crippen LogP) is 12.2. The van der Waals surface area contributed by atoms with Gasteiger partial charge in [-0.15, -0.1) is 11.3 Å². The van der Waals surface area contributed by atoms with Gasteiger partial charge in [0, 0.05) is 58.4 Å². The Labute approximate surface area is 295 Å². The zero-order valence-corrected chi connectivity index (χ0v) is 27.9. The van der Waals surface area contributed by atoms with E-state index in [4.69, 9.17) is 19.4 Å². The first-order valence-corrected chi connectivity index (χ1v) is 17.8. The molecular formula is C45H26N4OS. The van der Waals surface area contributed by atoms with E-state index >= 15 is 0 Å². The van der Waals surface area contributed by atoms with Crippen LogP contribution in [0.2, 0.25) is 0 Å². The van der Waals surface area contributed by atoms with Crippen LogP contribution in [0.1, 0.15) is 0 Å². The molecule has 0 spiro atoms. The summed E-state index contributed by atoms with van der Waals surface area (Å²) in [7, 11) is 0. The van der Waals surface area contributed by atoms with Gasteiger partial charge < -0.3 is 4.42 Å². The van der Waals surface area contributed by atoms with Crippen molar-refractivity contribution in [2.24, 2.45) is 0 Å². The Morgan fingerprint density at radius 3 is 1.86 bits per heavy atom. The van der Waals surface area contributed by atoms with E-state index in [1.54, 1.807) is 0 Å². The van der Waals surface area contributed by atoms with Gasteiger partial charge in [-0.25, -0.2) is 4.98 Å². The van der Waals surface area contributed by atoms with Crippen molar-refractivity contribution in [3.63, 3.8) is 0 Å². The first-order valence-electron chi connectivity index (χ1n) is 16.9. The highest BCUT2D eigenvalue weighted by molar-refractivity contribution is 7.25. The molecule has 0 aliphatic carbocycles. The normalized spacial score (nSPS) is 11.9. The fourth-order valence-corrected chi connectivity index (χ4v) is 8.59. The van der Waals surface area contributed by atoms with Crippen molar-refractivity contribution in [3.05, 3.63) is 158 Å². The standard InChI is InChI=1S/C45H26N4OS/c1-2-11-27(12-3-1)43-46-44(48-45(47-43)49-37-18-7-4-13-31(37)32-14-5-8-19-38(32)49)29-21-23-39-35(26-29)34-17-10-16-30(42(34)50-39)28-22-24-41-36(25-28)33-15-6-9-20-40(33)51-41/h1-26H. The number of nitrogens with zero attached hydrogens (tertiary/aromatic N) is 4. The van der Waals surface area contributed by atoms with E-state index in [0.717, 1.165) is 66.0 Å². The lowest BCUT2D eigenvalue weighted by molar-refractivity contribution is 0.670. The van der Waals surface area contributed by atoms with Gasteiger partial charge in [-0.1, -0.05) is 109 Å². The fourth-order valence-electron chi connectivity index (χ4n) is 7.51. The zero-order chi connectivity index (χ0) is 33.5. The highest BCUT2D eigenvalue weighted by Crippen LogP contribution is 2.41. The lowest BCUT2D eigenvalue weighted by atomic mass is 10.00. The van der Waals surface area contributed by atoms with E-state index in [2.05, 4.69) is 120 Å². The third-order valence-corrected chi connectivity index (χ3v) is 11.0. The molecule has 0 saturated carbocycles. The van der Waals surface area contributed by atoms with Crippen LogP contribution in [0.5, 0.6) is 0 Å². The maximum absolute atomic E-state index is 6.63. The third kappa shape index (κ3) is 4.37. The molecule has 0 unspecified atom stereocenters. The molecule has 51 heavy (non-hydrogen) atoms. The minimum Gasteiger partial charge on any atom is -0.455 e. The summed E-state index contributed by atoms with van der Waals surface area (Å²) in [4.78, 5) is 15.3. The van der Waals surface area contributed by atoms with Crippen LogP contribution < -0.4 is 0 Å². The monoisotopic (exact) mass is 670 g/mol. The molecule has 4 heterocycles. The minimum atomic E-state index is 0.576. The van der Waals surface area contributed by atoms with Crippen molar-refractivity contribution in [2.75, 3.05) is 0 Å². The van der Waals surface area contributed by atoms with Crippen molar-refractivity contribution < 1.29 is 4.42 Å². The number of hydrogen-bond acceptors (Lipinski definition) is 5. The van der Waals surface area contributed by atoms with Gasteiger partial charge in [-0.2, -0.15) is 9.97 Å². The summed E-state index contributed by atoms with van der Waals surface area (Å²) in [5.41, 5.74) is 7.82. The van der Waals surface area contributed by atoms with E-state index in [-0.39, 0.29) is 0 Å². The molecule has 7 aromatic carbocycles. The largest absolute Gasteiger partial charge is 0.455 e. The lowest BCUT2D eigenvalue weighted by Gasteiger charge is -2.11. The van der Waals surface area contributed by atoms with Crippen molar-refractivity contribution in [2.45, 2.75) is 0 Å². The van der Waals surface area contributed by atoms with Crippen molar-refractivity contribution in [1.82, 2.24) is 19.5 Å². The van der Waals surface area contributed by atoms with E-state index in [1.807, 2.05) is 53.8 Å². The SMILES string of the molecule is c1ccc(-c2nc(-c3ccc4oc5c(-c6ccc7sc8ccccc8c7c6)cccc5c4c3)nc(-n3c4ccccc4c4ccccc43)n2)cc1. The molecule has 11 aromatic rings. The van der Waals surface area contributed by atoms with Gasteiger partial charge in [0.25, 0.3) is 0 Å². The number of hydrogen-bond donors (Lipinski definition) is 0. The Morgan fingerprint density at radius 2 is 1.06 bits per heavy atom. The van der Waals surface area contributed by atoms with Crippen LogP contribution in [0.25, 0.3) is 104 Å². The number of benzene rings is 7. The molecule has 5 nitrogen and oxygen atoms in total. The molecule has 0 bridgehead atoms. The second-order valence-electron chi connectivity index (χ2n) is 12.8. The molecule has 4 aromatic heterocycles. The predicted molar refractivity (Wildman–Crippen MR) is 211 cm³/mol. The van der Waals surface area contributed by atoms with Crippen LogP contribution in [0.4, 0.5) is 0 Å². The first-order chi connectivity index (χ1) is 25.3. The van der Waals surface area contributed by atoms with Gasteiger partial charge >= 0.3 is 0 Å². The molecule has 0 aliphatic heterocycles. The number of thiophene rings is 1. The Hall–Kier alpha value is -6.63. The molecule has 0 radical (unpaired) electrons. The molecule has 0 saturated heterocycles. The summed E-state index contributed by atoms with van der Waals surface area (Å²) < 4.78 is 11.4. The topological polar surface area (TPSA) is 56.7 Å². The average molecular weight is 671 g/mol. The molecule has 0 amide bonds. The highest BCUT2D eigenvalue weighted by atomic mass is 32.1. The van der Waals surface area contributed by atoms with Crippen LogP contribution in [0.15, 0.2) is 162 Å². The molecule has 238 valence electrons. The maximum Gasteiger partial charge on any atom is 0.238 e. The maximum atomic E-state index is 6.63. The molecule has 0 fully saturated rings. The van der Waals surface area contributed by atoms with Crippen LogP contribution in [-0.4, -0.2) is 19.5 Å². The van der Waals surface area contributed by atoms with E-state index in [0.29, 0.717) is 17.6 Å². The Morgan fingerprint density at radius 1 is 0.431 bits per heavy atom. The van der Waals surface area contributed by atoms with Crippen LogP contribution in [0, 0.1) is 0 Å². The van der Waals surface area contributed by atoms with Gasteiger partial charge in [-0.3, -0.25) is 4.57 Å². The lowest BCUT2D eigenvalue weighted by Crippen LogP contribution is -2.06. The second kappa shape index (κ2) is 10.9. The summed E-state index contributed by atoms with van der Waals surface area (Å²) in [6.07, 6.45) is 0. The van der Waals surface area contributed by atoms with Gasteiger partial charge in [0.2, 0.25) is 5.95 Å². The molecule has 0 atom stereocenters. The quantitative estimate of drug-likeness (QED) is 0.187. The average Bonchev–Trinajstić information content (AvgIpc) is 3.87. The summed E-state index contributed by atoms with van der Waals surface area (Å²) in [5, 5.41) is 6.94. The second-order valence-corrected chi connectivity index (χ2v) is 13.9. The van der Waals surface area contributed by atoms with Crippen LogP contribution in [-0.2, 0) is 0 Å². The van der Waals surface area contributed by atoms with E-state index < -0.39 is 0 Å². The van der Waals surface area contributed by atoms with Crippen molar-refractivity contribution in [3.8, 4) is 39.9 Å². The van der Waals surface area contributed by atoms with Gasteiger partial charge in [0.1, 0.15) is 11.2 Å². The van der Waals surface area contributed by atoms with Crippen molar-refractivity contribution in [1.29, 1.82) is 0 Å². The summed E-state index contributed by atoms with van der Waals surface area (Å²) in [6.45, 7) is 0. The number of fused-ring (bicyclic) bond motifs is 9. The fraction of sp³-hybridized carbons (Fsp3) is 0. The van der Waals surface area contributed by atoms with Crippen molar-refractivity contribution >= 4 is 75.3 Å². The summed E-state index contributed by atoms with van der Waals surface area (Å²) >= 11 is 1.83. The van der Waals surface area contributed by atoms with E-state index in [9.17, 15) is 0 Å². The molecule has 6 heteroatoms. The highest BCUT2D eigenvalue weighted by Gasteiger charge is 2.19. The van der Waals surface area contributed by atoms with Gasteiger partial charge in [0.15, 0.2) is 11.6 Å².